The van der Waals surface area contributed by atoms with Crippen LogP contribution in [-0.4, -0.2) is 48.9 Å². The topological polar surface area (TPSA) is 61.4 Å². The summed E-state index contributed by atoms with van der Waals surface area (Å²) in [5.41, 5.74) is 0. The number of rotatable bonds is 7. The van der Waals surface area contributed by atoms with Gasteiger partial charge in [0.05, 0.1) is 0 Å². The van der Waals surface area contributed by atoms with Crippen LogP contribution in [0.2, 0.25) is 0 Å². The first-order valence-corrected chi connectivity index (χ1v) is 7.45. The lowest BCUT2D eigenvalue weighted by Gasteiger charge is -2.23. The van der Waals surface area contributed by atoms with E-state index in [1.165, 1.54) is 0 Å². The maximum Gasteiger partial charge on any atom is 0.222 e. The highest BCUT2D eigenvalue weighted by atomic mass is 16.2. The molecule has 0 spiro atoms. The molecule has 0 radical (unpaired) electrons. The van der Waals surface area contributed by atoms with Crippen molar-refractivity contribution in [3.05, 3.63) is 0 Å². The molecule has 110 valence electrons. The van der Waals surface area contributed by atoms with Gasteiger partial charge in [0.1, 0.15) is 0 Å². The third kappa shape index (κ3) is 6.05. The maximum atomic E-state index is 11.8. The van der Waals surface area contributed by atoms with Gasteiger partial charge >= 0.3 is 0 Å². The van der Waals surface area contributed by atoms with Gasteiger partial charge in [0.2, 0.25) is 11.8 Å². The third-order valence-corrected chi connectivity index (χ3v) is 3.61. The third-order valence-electron chi connectivity index (χ3n) is 3.61. The van der Waals surface area contributed by atoms with E-state index in [2.05, 4.69) is 10.6 Å². The molecule has 2 amide bonds. The number of nitrogens with zero attached hydrogens (tertiary/aromatic N) is 1. The van der Waals surface area contributed by atoms with Crippen LogP contribution in [0.5, 0.6) is 0 Å². The zero-order valence-corrected chi connectivity index (χ0v) is 12.2. The molecule has 1 fully saturated rings. The maximum absolute atomic E-state index is 11.8. The summed E-state index contributed by atoms with van der Waals surface area (Å²) >= 11 is 0. The van der Waals surface area contributed by atoms with Crippen molar-refractivity contribution in [2.75, 3.05) is 26.2 Å². The monoisotopic (exact) mass is 269 g/mol. The van der Waals surface area contributed by atoms with Crippen molar-refractivity contribution in [2.24, 2.45) is 0 Å². The van der Waals surface area contributed by atoms with Gasteiger partial charge in [-0.25, -0.2) is 0 Å². The van der Waals surface area contributed by atoms with Gasteiger partial charge in [-0.2, -0.15) is 0 Å². The number of hydrogen-bond donors (Lipinski definition) is 2. The minimum atomic E-state index is 0.0826. The average Bonchev–Trinajstić information content (AvgIpc) is 2.41. The van der Waals surface area contributed by atoms with E-state index in [4.69, 9.17) is 0 Å². The normalized spacial score (nSPS) is 16.1. The first kappa shape index (κ1) is 16.0. The average molecular weight is 269 g/mol. The van der Waals surface area contributed by atoms with Gasteiger partial charge in [-0.1, -0.05) is 0 Å². The van der Waals surface area contributed by atoms with Gasteiger partial charge in [-0.3, -0.25) is 9.59 Å². The fourth-order valence-electron chi connectivity index (χ4n) is 2.40. The molecule has 1 aliphatic heterocycles. The molecule has 1 aliphatic rings. The minimum absolute atomic E-state index is 0.0826. The van der Waals surface area contributed by atoms with Gasteiger partial charge in [0, 0.05) is 32.0 Å². The van der Waals surface area contributed by atoms with Crippen molar-refractivity contribution in [3.8, 4) is 0 Å². The molecular weight excluding hydrogens is 242 g/mol. The number of nitrogens with one attached hydrogen (secondary N) is 2. The molecule has 0 bridgehead atoms. The van der Waals surface area contributed by atoms with Crippen LogP contribution in [0.15, 0.2) is 0 Å². The van der Waals surface area contributed by atoms with E-state index in [0.717, 1.165) is 39.0 Å². The Bertz CT molecular complexity index is 284. The second-order valence-corrected chi connectivity index (χ2v) is 5.01. The number of carbonyl (C=O) groups excluding carboxylic acids is 2. The molecule has 5 nitrogen and oxygen atoms in total. The highest BCUT2D eigenvalue weighted by molar-refractivity contribution is 5.79. The fourth-order valence-corrected chi connectivity index (χ4v) is 2.40. The largest absolute Gasteiger partial charge is 0.353 e. The van der Waals surface area contributed by atoms with Crippen molar-refractivity contribution in [1.29, 1.82) is 0 Å². The van der Waals surface area contributed by atoms with E-state index in [-0.39, 0.29) is 11.8 Å². The summed E-state index contributed by atoms with van der Waals surface area (Å²) in [6, 6.07) is 0.312. The first-order valence-electron chi connectivity index (χ1n) is 7.45. The summed E-state index contributed by atoms with van der Waals surface area (Å²) in [4.78, 5) is 25.3. The zero-order chi connectivity index (χ0) is 14.1. The smallest absolute Gasteiger partial charge is 0.222 e. The van der Waals surface area contributed by atoms with Crippen molar-refractivity contribution >= 4 is 11.8 Å². The molecule has 0 unspecified atom stereocenters. The van der Waals surface area contributed by atoms with E-state index >= 15 is 0 Å². The molecule has 0 aromatic heterocycles. The molecule has 5 heteroatoms. The summed E-state index contributed by atoms with van der Waals surface area (Å²) < 4.78 is 0. The Labute approximate surface area is 116 Å². The second kappa shape index (κ2) is 8.91. The lowest BCUT2D eigenvalue weighted by atomic mass is 10.1. The number of piperidine rings is 1. The summed E-state index contributed by atoms with van der Waals surface area (Å²) in [5.74, 6) is 0.235. The van der Waals surface area contributed by atoms with E-state index in [0.29, 0.717) is 25.3 Å². The molecule has 0 aromatic rings. The number of carbonyl (C=O) groups is 2. The number of hydrogen-bond acceptors (Lipinski definition) is 3. The van der Waals surface area contributed by atoms with Crippen molar-refractivity contribution in [2.45, 2.75) is 52.0 Å². The standard InChI is InChI=1S/C14H27N3O2/c1-3-17(4-2)14(19)7-5-6-13(18)16-12-8-10-15-11-9-12/h12,15H,3-11H2,1-2H3,(H,16,18). The summed E-state index contributed by atoms with van der Waals surface area (Å²) in [5, 5.41) is 6.32. The Morgan fingerprint density at radius 2 is 1.79 bits per heavy atom. The molecule has 1 rings (SSSR count). The first-order chi connectivity index (χ1) is 9.17. The molecular formula is C14H27N3O2. The molecule has 0 aromatic carbocycles. The van der Waals surface area contributed by atoms with Gasteiger partial charge in [0.15, 0.2) is 0 Å². The van der Waals surface area contributed by atoms with E-state index in [1.54, 1.807) is 0 Å². The van der Waals surface area contributed by atoms with Gasteiger partial charge < -0.3 is 15.5 Å². The Morgan fingerprint density at radius 3 is 2.37 bits per heavy atom. The van der Waals surface area contributed by atoms with Crippen LogP contribution in [0.25, 0.3) is 0 Å². The van der Waals surface area contributed by atoms with Crippen LogP contribution in [0.3, 0.4) is 0 Å². The predicted molar refractivity (Wildman–Crippen MR) is 75.8 cm³/mol. The highest BCUT2D eigenvalue weighted by Crippen LogP contribution is 2.05. The predicted octanol–water partition coefficient (Wildman–Crippen LogP) is 0.893. The molecule has 0 atom stereocenters. The highest BCUT2D eigenvalue weighted by Gasteiger charge is 2.15. The molecule has 0 saturated carbocycles. The van der Waals surface area contributed by atoms with Gasteiger partial charge in [0.25, 0.3) is 0 Å². The van der Waals surface area contributed by atoms with E-state index in [1.807, 2.05) is 18.7 Å². The Kier molecular flexibility index (Phi) is 7.48. The zero-order valence-electron chi connectivity index (χ0n) is 12.2. The minimum Gasteiger partial charge on any atom is -0.353 e. The van der Waals surface area contributed by atoms with Crippen LogP contribution in [-0.2, 0) is 9.59 Å². The Hall–Kier alpha value is -1.10. The van der Waals surface area contributed by atoms with Gasteiger partial charge in [-0.15, -0.1) is 0 Å². The van der Waals surface area contributed by atoms with E-state index < -0.39 is 0 Å². The van der Waals surface area contributed by atoms with Crippen molar-refractivity contribution in [1.82, 2.24) is 15.5 Å². The lowest BCUT2D eigenvalue weighted by Crippen LogP contribution is -2.42. The van der Waals surface area contributed by atoms with Crippen molar-refractivity contribution < 1.29 is 9.59 Å². The van der Waals surface area contributed by atoms with Crippen LogP contribution < -0.4 is 10.6 Å². The quantitative estimate of drug-likeness (QED) is 0.721. The summed E-state index contributed by atoms with van der Waals surface area (Å²) in [6.45, 7) is 7.40. The number of amides is 2. The van der Waals surface area contributed by atoms with Crippen molar-refractivity contribution in [3.63, 3.8) is 0 Å². The SMILES string of the molecule is CCN(CC)C(=O)CCCC(=O)NC1CCNCC1. The van der Waals surface area contributed by atoms with Gasteiger partial charge in [-0.05, 0) is 46.2 Å². The van der Waals surface area contributed by atoms with Crippen LogP contribution in [0.4, 0.5) is 0 Å². The fraction of sp³-hybridized carbons (Fsp3) is 0.857. The molecule has 19 heavy (non-hydrogen) atoms. The second-order valence-electron chi connectivity index (χ2n) is 5.01. The summed E-state index contributed by atoms with van der Waals surface area (Å²) in [6.07, 6.45) is 3.58. The van der Waals surface area contributed by atoms with Crippen LogP contribution in [0.1, 0.15) is 46.0 Å². The molecule has 1 saturated heterocycles. The summed E-state index contributed by atoms with van der Waals surface area (Å²) in [7, 11) is 0. The van der Waals surface area contributed by atoms with Crippen LogP contribution in [0, 0.1) is 0 Å². The molecule has 0 aliphatic carbocycles. The van der Waals surface area contributed by atoms with E-state index in [9.17, 15) is 9.59 Å². The van der Waals surface area contributed by atoms with Crippen LogP contribution >= 0.6 is 0 Å². The lowest BCUT2D eigenvalue weighted by molar-refractivity contribution is -0.131. The Morgan fingerprint density at radius 1 is 1.16 bits per heavy atom. The Balaban J connectivity index is 2.14. The molecule has 1 heterocycles. The molecule has 2 N–H and O–H groups in total.